The van der Waals surface area contributed by atoms with Crippen LogP contribution in [-0.2, 0) is 27.6 Å². The topological polar surface area (TPSA) is 76.0 Å². The van der Waals surface area contributed by atoms with Gasteiger partial charge in [-0.2, -0.15) is 16.9 Å². The van der Waals surface area contributed by atoms with Gasteiger partial charge in [-0.25, -0.2) is 4.68 Å². The number of carbonyl (C=O) groups is 2. The van der Waals surface area contributed by atoms with Crippen LogP contribution in [0, 0.1) is 6.92 Å². The normalized spacial score (nSPS) is 12.6. The molecule has 0 radical (unpaired) electrons. The zero-order valence-electron chi connectivity index (χ0n) is 14.7. The van der Waals surface area contributed by atoms with Crippen molar-refractivity contribution in [1.29, 1.82) is 0 Å². The van der Waals surface area contributed by atoms with E-state index in [9.17, 15) is 9.59 Å². The van der Waals surface area contributed by atoms with Crippen LogP contribution in [0.25, 0.3) is 5.69 Å². The molecule has 1 aromatic carbocycles. The summed E-state index contributed by atoms with van der Waals surface area (Å²) >= 11 is 3.28. The third-order valence-corrected chi connectivity index (χ3v) is 6.09. The number of thiophene rings is 1. The average molecular weight is 399 g/mol. The molecule has 1 aliphatic heterocycles. The van der Waals surface area contributed by atoms with Crippen molar-refractivity contribution in [3.63, 3.8) is 0 Å². The maximum absolute atomic E-state index is 12.5. The van der Waals surface area contributed by atoms with Gasteiger partial charge in [0.15, 0.2) is 0 Å². The van der Waals surface area contributed by atoms with Gasteiger partial charge >= 0.3 is 11.8 Å². The van der Waals surface area contributed by atoms with Gasteiger partial charge in [0.25, 0.3) is 0 Å². The third kappa shape index (κ3) is 3.77. The first kappa shape index (κ1) is 17.8. The fourth-order valence-corrected chi connectivity index (χ4v) is 4.59. The molecule has 0 spiro atoms. The van der Waals surface area contributed by atoms with Gasteiger partial charge in [-0.15, -0.1) is 11.3 Å². The Morgan fingerprint density at radius 1 is 1.19 bits per heavy atom. The third-order valence-electron chi connectivity index (χ3n) is 4.24. The predicted octanol–water partition coefficient (Wildman–Crippen LogP) is 3.24. The first-order chi connectivity index (χ1) is 13.1. The molecule has 27 heavy (non-hydrogen) atoms. The van der Waals surface area contributed by atoms with Crippen LogP contribution in [0.3, 0.4) is 0 Å². The molecule has 6 nitrogen and oxygen atoms in total. The number of rotatable bonds is 4. The van der Waals surface area contributed by atoms with Crippen molar-refractivity contribution in [3.8, 4) is 5.69 Å². The van der Waals surface area contributed by atoms with Crippen molar-refractivity contribution >= 4 is 40.7 Å². The lowest BCUT2D eigenvalue weighted by molar-refractivity contribution is -0.136. The molecular weight excluding hydrogens is 380 g/mol. The molecule has 2 N–H and O–H groups in total. The van der Waals surface area contributed by atoms with Crippen LogP contribution in [0.2, 0.25) is 0 Å². The molecule has 0 unspecified atom stereocenters. The maximum atomic E-state index is 12.5. The number of benzene rings is 1. The molecule has 3 heterocycles. The second-order valence-electron chi connectivity index (χ2n) is 6.23. The molecule has 4 rings (SSSR count). The van der Waals surface area contributed by atoms with Crippen LogP contribution in [0.4, 0.5) is 5.82 Å². The van der Waals surface area contributed by atoms with E-state index in [-0.39, 0.29) is 0 Å². The summed E-state index contributed by atoms with van der Waals surface area (Å²) in [6, 6.07) is 11.7. The van der Waals surface area contributed by atoms with Crippen molar-refractivity contribution in [2.24, 2.45) is 0 Å². The maximum Gasteiger partial charge on any atom is 0.314 e. The van der Waals surface area contributed by atoms with E-state index in [1.807, 2.05) is 48.7 Å². The Bertz CT molecular complexity index is 995. The SMILES string of the molecule is Cc1cccc(-n2nc3c(c2NC(=O)C(=O)NCc2cccs2)CSC3)c1. The summed E-state index contributed by atoms with van der Waals surface area (Å²) in [5.41, 5.74) is 3.91. The first-order valence-electron chi connectivity index (χ1n) is 8.49. The Kier molecular flexibility index (Phi) is 5.00. The number of carbonyl (C=O) groups excluding carboxylic acids is 2. The lowest BCUT2D eigenvalue weighted by atomic mass is 10.2. The van der Waals surface area contributed by atoms with Crippen LogP contribution >= 0.6 is 23.1 Å². The van der Waals surface area contributed by atoms with Gasteiger partial charge < -0.3 is 10.6 Å². The Balaban J connectivity index is 1.56. The number of aryl methyl sites for hydroxylation is 1. The average Bonchev–Trinajstić information content (AvgIpc) is 3.38. The molecule has 0 saturated carbocycles. The summed E-state index contributed by atoms with van der Waals surface area (Å²) in [6.07, 6.45) is 0. The summed E-state index contributed by atoms with van der Waals surface area (Å²) in [5.74, 6) is 0.826. The number of thioether (sulfide) groups is 1. The molecule has 0 bridgehead atoms. The highest BCUT2D eigenvalue weighted by atomic mass is 32.2. The molecule has 0 fully saturated rings. The highest BCUT2D eigenvalue weighted by Gasteiger charge is 2.26. The Labute approximate surface area is 165 Å². The van der Waals surface area contributed by atoms with Crippen LogP contribution in [-0.4, -0.2) is 21.6 Å². The van der Waals surface area contributed by atoms with Gasteiger partial charge in [0.1, 0.15) is 5.82 Å². The Hall–Kier alpha value is -2.58. The smallest absolute Gasteiger partial charge is 0.314 e. The molecule has 2 amide bonds. The molecular formula is C19H18N4O2S2. The van der Waals surface area contributed by atoms with Crippen molar-refractivity contribution in [1.82, 2.24) is 15.1 Å². The van der Waals surface area contributed by atoms with Crippen molar-refractivity contribution in [3.05, 3.63) is 63.5 Å². The van der Waals surface area contributed by atoms with Gasteiger partial charge in [0.05, 0.1) is 17.9 Å². The minimum Gasteiger partial charge on any atom is -0.343 e. The van der Waals surface area contributed by atoms with E-state index in [4.69, 9.17) is 0 Å². The summed E-state index contributed by atoms with van der Waals surface area (Å²) in [5, 5.41) is 12.0. The Morgan fingerprint density at radius 3 is 2.85 bits per heavy atom. The fraction of sp³-hybridized carbons (Fsp3) is 0.211. The second kappa shape index (κ2) is 7.58. The van der Waals surface area contributed by atoms with Crippen LogP contribution < -0.4 is 10.6 Å². The van der Waals surface area contributed by atoms with E-state index in [2.05, 4.69) is 15.7 Å². The van der Waals surface area contributed by atoms with Crippen molar-refractivity contribution < 1.29 is 9.59 Å². The highest BCUT2D eigenvalue weighted by Crippen LogP contribution is 2.36. The molecule has 2 aromatic heterocycles. The molecule has 1 aliphatic rings. The van der Waals surface area contributed by atoms with Crippen LogP contribution in [0.1, 0.15) is 21.7 Å². The summed E-state index contributed by atoms with van der Waals surface area (Å²) < 4.78 is 1.72. The Morgan fingerprint density at radius 2 is 2.07 bits per heavy atom. The lowest BCUT2D eigenvalue weighted by Crippen LogP contribution is -2.35. The van der Waals surface area contributed by atoms with Crippen molar-refractivity contribution in [2.75, 3.05) is 5.32 Å². The zero-order valence-corrected chi connectivity index (χ0v) is 16.3. The number of anilines is 1. The molecule has 0 aliphatic carbocycles. The van der Waals surface area contributed by atoms with Gasteiger partial charge in [0.2, 0.25) is 0 Å². The number of aromatic nitrogens is 2. The summed E-state index contributed by atoms with van der Waals surface area (Å²) in [4.78, 5) is 25.7. The van der Waals surface area contributed by atoms with E-state index in [1.165, 1.54) is 11.3 Å². The standard InChI is InChI=1S/C19H18N4O2S2/c1-12-4-2-5-13(8-12)23-17(15-10-26-11-16(15)22-23)21-19(25)18(24)20-9-14-6-3-7-27-14/h2-8H,9-11H2,1H3,(H,20,24)(H,21,25). The first-order valence-corrected chi connectivity index (χ1v) is 10.5. The fourth-order valence-electron chi connectivity index (χ4n) is 2.91. The number of amides is 2. The van der Waals surface area contributed by atoms with Gasteiger partial charge in [-0.1, -0.05) is 18.2 Å². The van der Waals surface area contributed by atoms with Gasteiger partial charge in [-0.3, -0.25) is 9.59 Å². The minimum absolute atomic E-state index is 0.342. The van der Waals surface area contributed by atoms with E-state index >= 15 is 0 Å². The molecule has 138 valence electrons. The lowest BCUT2D eigenvalue weighted by Gasteiger charge is -2.11. The second-order valence-corrected chi connectivity index (χ2v) is 8.25. The number of fused-ring (bicyclic) bond motifs is 1. The summed E-state index contributed by atoms with van der Waals surface area (Å²) in [6.45, 7) is 2.35. The zero-order chi connectivity index (χ0) is 18.8. The number of nitrogens with one attached hydrogen (secondary N) is 2. The molecule has 0 saturated heterocycles. The van der Waals surface area contributed by atoms with E-state index in [1.54, 1.807) is 16.4 Å². The number of nitrogens with zero attached hydrogens (tertiary/aromatic N) is 2. The van der Waals surface area contributed by atoms with E-state index < -0.39 is 11.8 Å². The molecule has 3 aromatic rings. The molecule has 8 heteroatoms. The number of hydrogen-bond donors (Lipinski definition) is 2. The van der Waals surface area contributed by atoms with Crippen molar-refractivity contribution in [2.45, 2.75) is 25.0 Å². The van der Waals surface area contributed by atoms with Crippen LogP contribution in [0.15, 0.2) is 41.8 Å². The van der Waals surface area contributed by atoms with Crippen LogP contribution in [0.5, 0.6) is 0 Å². The van der Waals surface area contributed by atoms with E-state index in [0.29, 0.717) is 12.4 Å². The van der Waals surface area contributed by atoms with E-state index in [0.717, 1.165) is 38.9 Å². The summed E-state index contributed by atoms with van der Waals surface area (Å²) in [7, 11) is 0. The van der Waals surface area contributed by atoms with Gasteiger partial charge in [-0.05, 0) is 36.1 Å². The minimum atomic E-state index is -0.681. The predicted molar refractivity (Wildman–Crippen MR) is 108 cm³/mol. The number of hydrogen-bond acceptors (Lipinski definition) is 5. The largest absolute Gasteiger partial charge is 0.343 e. The molecule has 0 atom stereocenters. The quantitative estimate of drug-likeness (QED) is 0.662. The van der Waals surface area contributed by atoms with Gasteiger partial charge in [0, 0.05) is 21.9 Å². The highest BCUT2D eigenvalue weighted by molar-refractivity contribution is 7.98. The monoisotopic (exact) mass is 398 g/mol.